The molecule has 0 fully saturated rings. The summed E-state index contributed by atoms with van der Waals surface area (Å²) in [5.74, 6) is -2.79. The van der Waals surface area contributed by atoms with Crippen molar-refractivity contribution in [1.29, 1.82) is 0 Å². The molecule has 0 saturated carbocycles. The van der Waals surface area contributed by atoms with Crippen molar-refractivity contribution in [2.75, 3.05) is 14.2 Å². The Morgan fingerprint density at radius 3 is 1.96 bits per heavy atom. The van der Waals surface area contributed by atoms with Gasteiger partial charge in [-0.25, -0.2) is 0 Å². The van der Waals surface area contributed by atoms with E-state index in [1.165, 1.54) is 26.4 Å². The summed E-state index contributed by atoms with van der Waals surface area (Å²) in [5.41, 5.74) is 0.185. The molecule has 0 aromatic heterocycles. The van der Waals surface area contributed by atoms with E-state index in [1.54, 1.807) is 30.3 Å². The molecule has 0 saturated heterocycles. The van der Waals surface area contributed by atoms with E-state index < -0.39 is 35.5 Å². The molecule has 4 nitrogen and oxygen atoms in total. The molecule has 0 aliphatic carbocycles. The minimum atomic E-state index is -4.48. The van der Waals surface area contributed by atoms with Gasteiger partial charge in [0.25, 0.3) is 0 Å². The topological polar surface area (TPSA) is 52.6 Å². The van der Waals surface area contributed by atoms with Gasteiger partial charge in [-0.15, -0.1) is 0 Å². The van der Waals surface area contributed by atoms with Gasteiger partial charge < -0.3 is 9.47 Å². The fraction of sp³-hybridized carbons (Fsp3) is 0.300. The van der Waals surface area contributed by atoms with Gasteiger partial charge in [0, 0.05) is 5.92 Å². The van der Waals surface area contributed by atoms with Gasteiger partial charge >= 0.3 is 18.1 Å². The largest absolute Gasteiger partial charge is 0.469 e. The van der Waals surface area contributed by atoms with Crippen LogP contribution in [0.2, 0.25) is 0 Å². The zero-order valence-electron chi connectivity index (χ0n) is 14.8. The predicted octanol–water partition coefficient (Wildman–Crippen LogP) is 4.31. The predicted molar refractivity (Wildman–Crippen MR) is 92.0 cm³/mol. The highest BCUT2D eigenvalue weighted by Gasteiger charge is 2.35. The van der Waals surface area contributed by atoms with Crippen molar-refractivity contribution in [3.05, 3.63) is 71.3 Å². The highest BCUT2D eigenvalue weighted by atomic mass is 19.4. The Balaban J connectivity index is 2.50. The molecule has 144 valence electrons. The average Bonchev–Trinajstić information content (AvgIpc) is 2.67. The lowest BCUT2D eigenvalue weighted by Gasteiger charge is -2.25. The first kappa shape index (κ1) is 20.5. The van der Waals surface area contributed by atoms with Crippen molar-refractivity contribution < 1.29 is 32.2 Å². The van der Waals surface area contributed by atoms with Gasteiger partial charge in [-0.05, 0) is 23.3 Å². The molecule has 0 unspecified atom stereocenters. The summed E-state index contributed by atoms with van der Waals surface area (Å²) in [5, 5.41) is 0. The Bertz CT molecular complexity index is 770. The molecule has 2 rings (SSSR count). The Kier molecular flexibility index (Phi) is 6.60. The van der Waals surface area contributed by atoms with Crippen molar-refractivity contribution >= 4 is 11.9 Å². The first-order valence-corrected chi connectivity index (χ1v) is 8.14. The summed E-state index contributed by atoms with van der Waals surface area (Å²) in [6, 6.07) is 13.1. The maximum atomic E-state index is 12.8. The Labute approximate surface area is 154 Å². The van der Waals surface area contributed by atoms with Crippen molar-refractivity contribution in [3.8, 4) is 0 Å². The molecular weight excluding hydrogens is 361 g/mol. The van der Waals surface area contributed by atoms with Gasteiger partial charge in [-0.1, -0.05) is 42.5 Å². The third kappa shape index (κ3) is 5.09. The summed E-state index contributed by atoms with van der Waals surface area (Å²) in [7, 11) is 2.43. The number of halogens is 3. The number of esters is 2. The molecule has 2 aromatic rings. The zero-order chi connectivity index (χ0) is 20.0. The van der Waals surface area contributed by atoms with Crippen molar-refractivity contribution in [2.45, 2.75) is 24.4 Å². The standard InChI is InChI=1S/C20H19F3O4/c1-26-17(24)12-16(13-6-4-3-5-7-13)18(19(25)27-2)14-8-10-15(11-9-14)20(21,22)23/h3-11,16,18H,12H2,1-2H3/t16-,18-/m0/s1. The number of hydrogen-bond acceptors (Lipinski definition) is 4. The maximum absolute atomic E-state index is 12.8. The number of ether oxygens (including phenoxy) is 2. The smallest absolute Gasteiger partial charge is 0.416 e. The van der Waals surface area contributed by atoms with Crippen LogP contribution in [0.4, 0.5) is 13.2 Å². The summed E-state index contributed by atoms with van der Waals surface area (Å²) in [6.07, 6.45) is -4.61. The molecule has 0 N–H and O–H groups in total. The van der Waals surface area contributed by atoms with E-state index in [-0.39, 0.29) is 6.42 Å². The van der Waals surface area contributed by atoms with E-state index in [2.05, 4.69) is 0 Å². The molecular formula is C20H19F3O4. The van der Waals surface area contributed by atoms with Crippen LogP contribution in [0.15, 0.2) is 54.6 Å². The van der Waals surface area contributed by atoms with E-state index in [9.17, 15) is 22.8 Å². The van der Waals surface area contributed by atoms with Crippen LogP contribution in [0.25, 0.3) is 0 Å². The van der Waals surface area contributed by atoms with Gasteiger partial charge in [0.05, 0.1) is 32.1 Å². The minimum Gasteiger partial charge on any atom is -0.469 e. The van der Waals surface area contributed by atoms with Crippen molar-refractivity contribution in [1.82, 2.24) is 0 Å². The van der Waals surface area contributed by atoms with Gasteiger partial charge in [0.1, 0.15) is 0 Å². The maximum Gasteiger partial charge on any atom is 0.416 e. The monoisotopic (exact) mass is 380 g/mol. The second kappa shape index (κ2) is 8.70. The SMILES string of the molecule is COC(=O)C[C@@H](c1ccccc1)[C@@H](C(=O)OC)c1ccc(C(F)(F)F)cc1. The van der Waals surface area contributed by atoms with Crippen LogP contribution in [0.1, 0.15) is 34.9 Å². The fourth-order valence-electron chi connectivity index (χ4n) is 2.93. The van der Waals surface area contributed by atoms with E-state index >= 15 is 0 Å². The molecule has 27 heavy (non-hydrogen) atoms. The minimum absolute atomic E-state index is 0.124. The number of carbonyl (C=O) groups is 2. The summed E-state index contributed by atoms with van der Waals surface area (Å²) < 4.78 is 48.1. The molecule has 2 aromatic carbocycles. The van der Waals surface area contributed by atoms with Gasteiger partial charge in [-0.2, -0.15) is 13.2 Å². The first-order chi connectivity index (χ1) is 12.8. The second-order valence-electron chi connectivity index (χ2n) is 5.92. The lowest BCUT2D eigenvalue weighted by molar-refractivity contribution is -0.144. The van der Waals surface area contributed by atoms with E-state index in [0.29, 0.717) is 11.1 Å². The van der Waals surface area contributed by atoms with Gasteiger partial charge in [0.2, 0.25) is 0 Å². The highest BCUT2D eigenvalue weighted by molar-refractivity contribution is 5.81. The number of rotatable bonds is 6. The molecule has 0 aliphatic heterocycles. The van der Waals surface area contributed by atoms with Crippen LogP contribution in [0, 0.1) is 0 Å². The van der Waals surface area contributed by atoms with Crippen LogP contribution in [0.5, 0.6) is 0 Å². The van der Waals surface area contributed by atoms with E-state index in [1.807, 2.05) is 0 Å². The Hall–Kier alpha value is -2.83. The van der Waals surface area contributed by atoms with Crippen LogP contribution in [0.3, 0.4) is 0 Å². The Morgan fingerprint density at radius 2 is 1.48 bits per heavy atom. The average molecular weight is 380 g/mol. The third-order valence-corrected chi connectivity index (χ3v) is 4.30. The molecule has 0 heterocycles. The zero-order valence-corrected chi connectivity index (χ0v) is 14.8. The summed E-state index contributed by atoms with van der Waals surface area (Å²) >= 11 is 0. The molecule has 0 amide bonds. The fourth-order valence-corrected chi connectivity index (χ4v) is 2.93. The lowest BCUT2D eigenvalue weighted by atomic mass is 9.79. The third-order valence-electron chi connectivity index (χ3n) is 4.30. The van der Waals surface area contributed by atoms with Crippen LogP contribution in [-0.4, -0.2) is 26.2 Å². The summed E-state index contributed by atoms with van der Waals surface area (Å²) in [4.78, 5) is 24.4. The molecule has 0 spiro atoms. The number of benzene rings is 2. The van der Waals surface area contributed by atoms with Crippen molar-refractivity contribution in [2.24, 2.45) is 0 Å². The van der Waals surface area contributed by atoms with E-state index in [4.69, 9.17) is 9.47 Å². The van der Waals surface area contributed by atoms with Crippen LogP contribution in [-0.2, 0) is 25.2 Å². The number of carbonyl (C=O) groups excluding carboxylic acids is 2. The number of methoxy groups -OCH3 is 2. The van der Waals surface area contributed by atoms with Gasteiger partial charge in [-0.3, -0.25) is 9.59 Å². The van der Waals surface area contributed by atoms with Crippen LogP contribution >= 0.6 is 0 Å². The molecule has 0 bridgehead atoms. The molecule has 0 aliphatic rings. The van der Waals surface area contributed by atoms with Crippen LogP contribution < -0.4 is 0 Å². The normalized spacial score (nSPS) is 13.5. The lowest BCUT2D eigenvalue weighted by Crippen LogP contribution is -2.24. The summed E-state index contributed by atoms with van der Waals surface area (Å²) in [6.45, 7) is 0. The number of hydrogen-bond donors (Lipinski definition) is 0. The molecule has 7 heteroatoms. The molecule has 0 radical (unpaired) electrons. The van der Waals surface area contributed by atoms with Gasteiger partial charge in [0.15, 0.2) is 0 Å². The highest BCUT2D eigenvalue weighted by Crippen LogP contribution is 2.38. The second-order valence-corrected chi connectivity index (χ2v) is 5.92. The quantitative estimate of drug-likeness (QED) is 0.701. The Morgan fingerprint density at radius 1 is 0.889 bits per heavy atom. The first-order valence-electron chi connectivity index (χ1n) is 8.14. The van der Waals surface area contributed by atoms with Crippen molar-refractivity contribution in [3.63, 3.8) is 0 Å². The number of alkyl halides is 3. The van der Waals surface area contributed by atoms with E-state index in [0.717, 1.165) is 12.1 Å². The molecule has 2 atom stereocenters.